The molecule has 0 bridgehead atoms. The Morgan fingerprint density at radius 3 is 2.29 bits per heavy atom. The normalized spacial score (nSPS) is 19.8. The highest BCUT2D eigenvalue weighted by Gasteiger charge is 2.44. The Morgan fingerprint density at radius 1 is 0.905 bits per heavy atom. The Hall–Kier alpha value is -4.00. The molecule has 0 unspecified atom stereocenters. The summed E-state index contributed by atoms with van der Waals surface area (Å²) in [6.45, 7) is 13.1. The predicted molar refractivity (Wildman–Crippen MR) is 165 cm³/mol. The van der Waals surface area contributed by atoms with Gasteiger partial charge in [-0.2, -0.15) is 4.58 Å². The number of amides is 2. The van der Waals surface area contributed by atoms with Crippen LogP contribution in [0, 0.1) is 0 Å². The third-order valence-corrected chi connectivity index (χ3v) is 8.88. The van der Waals surface area contributed by atoms with Crippen molar-refractivity contribution in [3.05, 3.63) is 83.6 Å². The van der Waals surface area contributed by atoms with E-state index in [1.165, 1.54) is 33.9 Å². The summed E-state index contributed by atoms with van der Waals surface area (Å²) < 4.78 is 2.41. The van der Waals surface area contributed by atoms with Crippen LogP contribution in [0.5, 0.6) is 0 Å². The minimum absolute atomic E-state index is 0.0774. The number of hydrogen-bond donors (Lipinski definition) is 0. The van der Waals surface area contributed by atoms with Crippen LogP contribution in [0.3, 0.4) is 0 Å². The molecule has 2 aromatic carbocycles. The molecule has 0 N–H and O–H groups in total. The van der Waals surface area contributed by atoms with Gasteiger partial charge in [0, 0.05) is 60.3 Å². The molecule has 0 spiro atoms. The van der Waals surface area contributed by atoms with Crippen LogP contribution >= 0.6 is 0 Å². The monoisotopic (exact) mass is 568 g/mol. The number of benzene rings is 2. The van der Waals surface area contributed by atoms with Crippen LogP contribution < -0.4 is 4.90 Å². The van der Waals surface area contributed by atoms with Crippen molar-refractivity contribution in [2.24, 2.45) is 0 Å². The van der Waals surface area contributed by atoms with Crippen LogP contribution in [0.1, 0.15) is 84.3 Å². The lowest BCUT2D eigenvalue weighted by Crippen LogP contribution is -2.32. The maximum atomic E-state index is 12.2. The molecule has 42 heavy (non-hydrogen) atoms. The highest BCUT2D eigenvalue weighted by Crippen LogP contribution is 2.48. The maximum Gasteiger partial charge on any atom is 0.333 e. The van der Waals surface area contributed by atoms with E-state index in [4.69, 9.17) is 4.84 Å². The zero-order valence-electron chi connectivity index (χ0n) is 25.5. The molecule has 0 saturated carbocycles. The van der Waals surface area contributed by atoms with Gasteiger partial charge in [0.2, 0.25) is 5.69 Å². The molecule has 0 atom stereocenters. The number of anilines is 1. The summed E-state index contributed by atoms with van der Waals surface area (Å²) in [5, 5.41) is 0.625. The first-order valence-corrected chi connectivity index (χ1v) is 15.1. The number of hydrogen-bond acceptors (Lipinski definition) is 5. The largest absolute Gasteiger partial charge is 0.344 e. The molecule has 0 aliphatic carbocycles. The summed E-state index contributed by atoms with van der Waals surface area (Å²) in [6, 6.07) is 17.3. The first kappa shape index (κ1) is 29.5. The van der Waals surface area contributed by atoms with Crippen molar-refractivity contribution in [1.82, 2.24) is 5.06 Å². The lowest BCUT2D eigenvalue weighted by Gasteiger charge is -2.27. The van der Waals surface area contributed by atoms with Gasteiger partial charge in [0.25, 0.3) is 11.8 Å². The molecule has 7 heteroatoms. The summed E-state index contributed by atoms with van der Waals surface area (Å²) in [7, 11) is 0. The number of para-hydroxylation sites is 2. The summed E-state index contributed by atoms with van der Waals surface area (Å²) in [4.78, 5) is 43.0. The minimum Gasteiger partial charge on any atom is -0.344 e. The molecule has 7 nitrogen and oxygen atoms in total. The number of carbonyl (C=O) groups is 3. The molecule has 3 heterocycles. The van der Waals surface area contributed by atoms with Crippen molar-refractivity contribution in [3.8, 4) is 0 Å². The molecule has 220 valence electrons. The third-order valence-electron chi connectivity index (χ3n) is 8.88. The van der Waals surface area contributed by atoms with Crippen molar-refractivity contribution in [2.75, 3.05) is 18.0 Å². The van der Waals surface area contributed by atoms with Gasteiger partial charge in [0.15, 0.2) is 5.71 Å². The molecule has 2 amide bonds. The Morgan fingerprint density at radius 2 is 1.57 bits per heavy atom. The van der Waals surface area contributed by atoms with Crippen LogP contribution in [0.15, 0.2) is 72.5 Å². The molecule has 5 rings (SSSR count). The SMILES string of the molecule is CC[N+]1=C(/C=C/C=C2/N(CCCCCC(=O)ON3C(=O)CCC3=O)c3ccccc3C2(C)C)C(C)(C)c2ccccc21. The molecule has 0 radical (unpaired) electrons. The molecule has 1 saturated heterocycles. The van der Waals surface area contributed by atoms with E-state index in [0.717, 1.165) is 25.9 Å². The van der Waals surface area contributed by atoms with Gasteiger partial charge in [0.1, 0.15) is 6.54 Å². The van der Waals surface area contributed by atoms with E-state index >= 15 is 0 Å². The van der Waals surface area contributed by atoms with Crippen molar-refractivity contribution >= 4 is 34.9 Å². The Labute approximate surface area is 249 Å². The van der Waals surface area contributed by atoms with Crippen molar-refractivity contribution in [2.45, 2.75) is 84.0 Å². The average molecular weight is 569 g/mol. The maximum absolute atomic E-state index is 12.2. The summed E-state index contributed by atoms with van der Waals surface area (Å²) in [5.74, 6) is -1.43. The second kappa shape index (κ2) is 11.7. The number of rotatable bonds is 10. The van der Waals surface area contributed by atoms with Gasteiger partial charge in [-0.15, -0.1) is 5.06 Å². The Balaban J connectivity index is 1.28. The number of hydroxylamine groups is 2. The van der Waals surface area contributed by atoms with Gasteiger partial charge >= 0.3 is 5.97 Å². The van der Waals surface area contributed by atoms with Crippen LogP contribution in [0.2, 0.25) is 0 Å². The van der Waals surface area contributed by atoms with E-state index < -0.39 is 17.8 Å². The molecule has 1 fully saturated rings. The van der Waals surface area contributed by atoms with Crippen LogP contribution in [-0.2, 0) is 30.1 Å². The molecular formula is C35H42N3O4+. The van der Waals surface area contributed by atoms with Gasteiger partial charge in [-0.3, -0.25) is 9.59 Å². The summed E-state index contributed by atoms with van der Waals surface area (Å²) in [5.41, 5.74) is 7.50. The predicted octanol–water partition coefficient (Wildman–Crippen LogP) is 6.49. The first-order valence-electron chi connectivity index (χ1n) is 15.1. The number of imide groups is 1. The lowest BCUT2D eigenvalue weighted by molar-refractivity contribution is -0.433. The fraction of sp³-hybridized carbons (Fsp3) is 0.429. The summed E-state index contributed by atoms with van der Waals surface area (Å²) >= 11 is 0. The zero-order chi connectivity index (χ0) is 30.1. The minimum atomic E-state index is -0.535. The number of allylic oxidation sites excluding steroid dienone is 4. The third kappa shape index (κ3) is 5.33. The van der Waals surface area contributed by atoms with Gasteiger partial charge < -0.3 is 9.74 Å². The van der Waals surface area contributed by atoms with Crippen molar-refractivity contribution < 1.29 is 23.8 Å². The van der Waals surface area contributed by atoms with E-state index in [1.54, 1.807) is 0 Å². The highest BCUT2D eigenvalue weighted by molar-refractivity contribution is 6.03. The van der Waals surface area contributed by atoms with Gasteiger partial charge in [-0.05, 0) is 51.3 Å². The molecule has 0 aromatic heterocycles. The van der Waals surface area contributed by atoms with Crippen LogP contribution in [0.4, 0.5) is 11.4 Å². The molecule has 3 aliphatic rings. The van der Waals surface area contributed by atoms with Gasteiger partial charge in [0.05, 0.1) is 5.41 Å². The van der Waals surface area contributed by atoms with Crippen molar-refractivity contribution in [3.63, 3.8) is 0 Å². The van der Waals surface area contributed by atoms with E-state index in [0.29, 0.717) is 11.5 Å². The first-order chi connectivity index (χ1) is 20.1. The Kier molecular flexibility index (Phi) is 8.22. The highest BCUT2D eigenvalue weighted by atomic mass is 16.7. The lowest BCUT2D eigenvalue weighted by atomic mass is 9.81. The number of nitrogens with zero attached hydrogens (tertiary/aromatic N) is 3. The molecule has 2 aromatic rings. The average Bonchev–Trinajstić information content (AvgIpc) is 3.48. The fourth-order valence-electron chi connectivity index (χ4n) is 6.62. The van der Waals surface area contributed by atoms with Gasteiger partial charge in [-0.1, -0.05) is 62.7 Å². The standard InChI is InChI=1S/C35H42N3O4/c1-6-36-27-17-11-9-15-25(27)34(2,3)29(36)19-14-20-30-35(4,5)26-16-10-12-18-28(26)37(30)24-13-7-8-21-33(41)42-38-31(39)22-23-32(38)40/h9-12,14-20H,6-8,13,21-24H2,1-5H3/q+1. The van der Waals surface area contributed by atoms with Crippen molar-refractivity contribution in [1.29, 1.82) is 0 Å². The molecule has 3 aliphatic heterocycles. The second-order valence-electron chi connectivity index (χ2n) is 12.3. The number of fused-ring (bicyclic) bond motifs is 2. The quantitative estimate of drug-likeness (QED) is 0.186. The van der Waals surface area contributed by atoms with Crippen LogP contribution in [-0.4, -0.2) is 46.2 Å². The second-order valence-corrected chi connectivity index (χ2v) is 12.3. The van der Waals surface area contributed by atoms with Crippen LogP contribution in [0.25, 0.3) is 0 Å². The fourth-order valence-corrected chi connectivity index (χ4v) is 6.62. The summed E-state index contributed by atoms with van der Waals surface area (Å²) in [6.07, 6.45) is 9.48. The number of carbonyl (C=O) groups excluding carboxylic acids is 3. The number of unbranched alkanes of at least 4 members (excludes halogenated alkanes) is 2. The van der Waals surface area contributed by atoms with E-state index in [9.17, 15) is 14.4 Å². The van der Waals surface area contributed by atoms with E-state index in [1.807, 2.05) is 0 Å². The zero-order valence-corrected chi connectivity index (χ0v) is 25.5. The van der Waals surface area contributed by atoms with E-state index in [2.05, 4.69) is 111 Å². The van der Waals surface area contributed by atoms with Gasteiger partial charge in [-0.25, -0.2) is 4.79 Å². The topological polar surface area (TPSA) is 69.9 Å². The van der Waals surface area contributed by atoms with E-state index in [-0.39, 0.29) is 30.1 Å². The smallest absolute Gasteiger partial charge is 0.333 e. The molecular weight excluding hydrogens is 526 g/mol. The Bertz CT molecular complexity index is 1480.